The van der Waals surface area contributed by atoms with Crippen LogP contribution in [0.5, 0.6) is 0 Å². The predicted molar refractivity (Wildman–Crippen MR) is 99.0 cm³/mol. The number of rotatable bonds is 3. The number of hydrogen-bond donors (Lipinski definition) is 2. The number of hydrogen-bond acceptors (Lipinski definition) is 5. The highest BCUT2D eigenvalue weighted by Gasteiger charge is 2.46. The third-order valence-corrected chi connectivity index (χ3v) is 5.91. The summed E-state index contributed by atoms with van der Waals surface area (Å²) >= 11 is 1.10. The van der Waals surface area contributed by atoms with Crippen LogP contribution < -0.4 is 11.1 Å². The quantitative estimate of drug-likeness (QED) is 0.696. The number of amides is 1. The van der Waals surface area contributed by atoms with Crippen LogP contribution in [0.3, 0.4) is 0 Å². The van der Waals surface area contributed by atoms with Crippen LogP contribution in [0.2, 0.25) is 0 Å². The smallest absolute Gasteiger partial charge is 0.280 e. The van der Waals surface area contributed by atoms with Crippen molar-refractivity contribution in [2.45, 2.75) is 44.2 Å². The zero-order valence-corrected chi connectivity index (χ0v) is 15.8. The molecule has 0 aliphatic heterocycles. The Bertz CT molecular complexity index is 1050. The average molecular weight is 409 g/mol. The molecular weight excluding hydrogens is 391 g/mol. The van der Waals surface area contributed by atoms with E-state index in [0.717, 1.165) is 16.2 Å². The normalized spacial score (nSPS) is 21.8. The van der Waals surface area contributed by atoms with E-state index < -0.39 is 29.7 Å². The average Bonchev–Trinajstić information content (AvgIpc) is 3.20. The van der Waals surface area contributed by atoms with Gasteiger partial charge in [-0.1, -0.05) is 0 Å². The van der Waals surface area contributed by atoms with Gasteiger partial charge in [0.25, 0.3) is 11.8 Å². The van der Waals surface area contributed by atoms with Gasteiger partial charge in [-0.15, -0.1) is 11.3 Å². The number of halogens is 3. The van der Waals surface area contributed by atoms with Crippen LogP contribution >= 0.6 is 11.3 Å². The number of pyridine rings is 1. The minimum Gasteiger partial charge on any atom is -0.340 e. The third kappa shape index (κ3) is 3.26. The van der Waals surface area contributed by atoms with Crippen molar-refractivity contribution in [2.24, 2.45) is 5.73 Å². The van der Waals surface area contributed by atoms with Gasteiger partial charge in [0, 0.05) is 22.9 Å². The highest BCUT2D eigenvalue weighted by Crippen LogP contribution is 2.34. The van der Waals surface area contributed by atoms with Crippen LogP contribution in [0.15, 0.2) is 24.5 Å². The number of fused-ring (bicyclic) bond motifs is 1. The number of carbonyl (C=O) groups is 1. The van der Waals surface area contributed by atoms with Gasteiger partial charge in [-0.3, -0.25) is 4.79 Å². The Morgan fingerprint density at radius 3 is 2.96 bits per heavy atom. The molecule has 3 aromatic heterocycles. The van der Waals surface area contributed by atoms with E-state index in [1.165, 1.54) is 23.0 Å². The predicted octanol–water partition coefficient (Wildman–Crippen LogP) is 3.15. The molecule has 1 aliphatic carbocycles. The van der Waals surface area contributed by atoms with Crippen molar-refractivity contribution >= 4 is 22.8 Å². The molecule has 6 nitrogen and oxygen atoms in total. The Balaban J connectivity index is 1.63. The SMILES string of the molecule is Cc1sc(C(=O)N[C@@H]2[C@@H](N)CCCC2(F)F)nc1-c1cnn2cc(F)ccc12. The van der Waals surface area contributed by atoms with Crippen LogP contribution in [0, 0.1) is 12.7 Å². The van der Waals surface area contributed by atoms with Crippen LogP contribution in [0.4, 0.5) is 13.2 Å². The summed E-state index contributed by atoms with van der Waals surface area (Å²) in [7, 11) is 0. The van der Waals surface area contributed by atoms with Gasteiger partial charge in [0.15, 0.2) is 5.01 Å². The van der Waals surface area contributed by atoms with Gasteiger partial charge in [-0.2, -0.15) is 5.10 Å². The van der Waals surface area contributed by atoms with Gasteiger partial charge in [-0.25, -0.2) is 22.7 Å². The Hall–Kier alpha value is -2.46. The van der Waals surface area contributed by atoms with Crippen molar-refractivity contribution in [1.82, 2.24) is 19.9 Å². The number of nitrogens with two attached hydrogens (primary N) is 1. The Labute approximate surface area is 162 Å². The number of alkyl halides is 2. The molecule has 0 spiro atoms. The molecule has 28 heavy (non-hydrogen) atoms. The summed E-state index contributed by atoms with van der Waals surface area (Å²) in [6.45, 7) is 1.78. The molecule has 2 atom stereocenters. The first-order chi connectivity index (χ1) is 13.3. The maximum Gasteiger partial charge on any atom is 0.280 e. The molecule has 1 aliphatic rings. The second kappa shape index (κ2) is 6.85. The molecule has 3 N–H and O–H groups in total. The molecule has 3 aromatic rings. The number of carbonyl (C=O) groups excluding carboxylic acids is 1. The van der Waals surface area contributed by atoms with E-state index in [0.29, 0.717) is 29.6 Å². The Morgan fingerprint density at radius 1 is 1.43 bits per heavy atom. The first-order valence-electron chi connectivity index (χ1n) is 8.81. The van der Waals surface area contributed by atoms with E-state index in [1.54, 1.807) is 13.0 Å². The van der Waals surface area contributed by atoms with E-state index in [2.05, 4.69) is 15.4 Å². The highest BCUT2D eigenvalue weighted by atomic mass is 32.1. The molecule has 1 fully saturated rings. The second-order valence-corrected chi connectivity index (χ2v) is 8.13. The summed E-state index contributed by atoms with van der Waals surface area (Å²) in [5, 5.41) is 6.54. The molecule has 4 rings (SSSR count). The zero-order chi connectivity index (χ0) is 20.1. The summed E-state index contributed by atoms with van der Waals surface area (Å²) < 4.78 is 43.0. The van der Waals surface area contributed by atoms with Crippen molar-refractivity contribution in [3.8, 4) is 11.3 Å². The molecule has 0 radical (unpaired) electrons. The molecule has 0 unspecified atom stereocenters. The fourth-order valence-corrected chi connectivity index (χ4v) is 4.34. The Morgan fingerprint density at radius 2 is 2.21 bits per heavy atom. The van der Waals surface area contributed by atoms with Crippen LogP contribution in [0.1, 0.15) is 33.9 Å². The summed E-state index contributed by atoms with van der Waals surface area (Å²) in [6.07, 6.45) is 3.23. The Kier molecular flexibility index (Phi) is 4.62. The number of aryl methyl sites for hydroxylation is 1. The summed E-state index contributed by atoms with van der Waals surface area (Å²) in [5.41, 5.74) is 7.58. The maximum absolute atomic E-state index is 14.2. The topological polar surface area (TPSA) is 85.3 Å². The summed E-state index contributed by atoms with van der Waals surface area (Å²) in [4.78, 5) is 17.6. The molecule has 10 heteroatoms. The van der Waals surface area contributed by atoms with Crippen molar-refractivity contribution in [3.05, 3.63) is 40.2 Å². The lowest BCUT2D eigenvalue weighted by Gasteiger charge is -2.36. The first kappa shape index (κ1) is 18.9. The van der Waals surface area contributed by atoms with Gasteiger partial charge in [0.1, 0.15) is 11.9 Å². The minimum atomic E-state index is -3.05. The van der Waals surface area contributed by atoms with Crippen molar-refractivity contribution in [1.29, 1.82) is 0 Å². The summed E-state index contributed by atoms with van der Waals surface area (Å²) in [6, 6.07) is 0.657. The van der Waals surface area contributed by atoms with Gasteiger partial charge >= 0.3 is 0 Å². The zero-order valence-electron chi connectivity index (χ0n) is 15.0. The molecular formula is C18H18F3N5OS. The standard InChI is InChI=1S/C18H18F3N5OS/c1-9-14(11-7-23-26-8-10(19)4-5-13(11)26)24-17(28-9)16(27)25-15-12(22)3-2-6-18(15,20)21/h4-5,7-8,12,15H,2-3,6,22H2,1H3,(H,25,27)/t12-,15+/m0/s1. The highest BCUT2D eigenvalue weighted by molar-refractivity contribution is 7.14. The van der Waals surface area contributed by atoms with Crippen molar-refractivity contribution in [3.63, 3.8) is 0 Å². The lowest BCUT2D eigenvalue weighted by Crippen LogP contribution is -2.59. The molecule has 148 valence electrons. The number of nitrogens with one attached hydrogen (secondary N) is 1. The van der Waals surface area contributed by atoms with Crippen molar-refractivity contribution < 1.29 is 18.0 Å². The van der Waals surface area contributed by atoms with Crippen molar-refractivity contribution in [2.75, 3.05) is 0 Å². The van der Waals surface area contributed by atoms with Gasteiger partial charge in [0.2, 0.25) is 0 Å². The van der Waals surface area contributed by atoms with E-state index in [9.17, 15) is 18.0 Å². The van der Waals surface area contributed by atoms with E-state index in [1.807, 2.05) is 0 Å². The molecule has 0 aromatic carbocycles. The van der Waals surface area contributed by atoms with Crippen LogP contribution in [-0.2, 0) is 0 Å². The van der Waals surface area contributed by atoms with Crippen LogP contribution in [-0.4, -0.2) is 38.5 Å². The molecule has 0 bridgehead atoms. The van der Waals surface area contributed by atoms with E-state index in [-0.39, 0.29) is 11.4 Å². The van der Waals surface area contributed by atoms with E-state index >= 15 is 0 Å². The second-order valence-electron chi connectivity index (χ2n) is 6.93. The monoisotopic (exact) mass is 409 g/mol. The fraction of sp³-hybridized carbons (Fsp3) is 0.389. The molecule has 3 heterocycles. The van der Waals surface area contributed by atoms with Gasteiger partial charge in [-0.05, 0) is 31.9 Å². The molecule has 0 saturated heterocycles. The maximum atomic E-state index is 14.2. The number of aromatic nitrogens is 3. The van der Waals surface area contributed by atoms with Gasteiger partial charge < -0.3 is 11.1 Å². The van der Waals surface area contributed by atoms with Crippen LogP contribution in [0.25, 0.3) is 16.8 Å². The van der Waals surface area contributed by atoms with E-state index in [4.69, 9.17) is 5.73 Å². The minimum absolute atomic E-state index is 0.0718. The third-order valence-electron chi connectivity index (χ3n) is 4.94. The lowest BCUT2D eigenvalue weighted by molar-refractivity contribution is -0.0674. The number of thiazole rings is 1. The first-order valence-corrected chi connectivity index (χ1v) is 9.63. The molecule has 1 saturated carbocycles. The largest absolute Gasteiger partial charge is 0.340 e. The lowest BCUT2D eigenvalue weighted by atomic mass is 9.87. The summed E-state index contributed by atoms with van der Waals surface area (Å²) in [5.74, 6) is -4.15. The number of nitrogens with zero attached hydrogens (tertiary/aromatic N) is 3. The fourth-order valence-electron chi connectivity index (χ4n) is 3.51. The van der Waals surface area contributed by atoms with Gasteiger partial charge in [0.05, 0.1) is 23.6 Å². The molecule has 1 amide bonds.